The fourth-order valence-electron chi connectivity index (χ4n) is 3.58. The third-order valence-electron chi connectivity index (χ3n) is 4.56. The molecule has 0 saturated carbocycles. The van der Waals surface area contributed by atoms with Crippen LogP contribution in [-0.4, -0.2) is 30.3 Å². The quantitative estimate of drug-likeness (QED) is 0.791. The molecule has 22 heavy (non-hydrogen) atoms. The molecule has 2 fully saturated rings. The van der Waals surface area contributed by atoms with Crippen LogP contribution >= 0.6 is 11.3 Å². The molecule has 0 aliphatic carbocycles. The van der Waals surface area contributed by atoms with E-state index in [1.165, 1.54) is 0 Å². The number of halogens is 1. The molecule has 0 radical (unpaired) electrons. The minimum absolute atomic E-state index is 0.154. The monoisotopic (exact) mass is 320 g/mol. The summed E-state index contributed by atoms with van der Waals surface area (Å²) in [5, 5.41) is 1.01. The number of thiazole rings is 1. The van der Waals surface area contributed by atoms with Gasteiger partial charge in [-0.2, -0.15) is 0 Å². The summed E-state index contributed by atoms with van der Waals surface area (Å²) in [7, 11) is 0. The van der Waals surface area contributed by atoms with Crippen LogP contribution in [0.3, 0.4) is 0 Å². The Bertz CT molecular complexity index is 709. The van der Waals surface area contributed by atoms with Gasteiger partial charge in [-0.15, -0.1) is 0 Å². The third kappa shape index (κ3) is 2.31. The highest BCUT2D eigenvalue weighted by molar-refractivity contribution is 7.22. The maximum Gasteiger partial charge on any atom is 0.186 e. The molecule has 5 heteroatoms. The topological polar surface area (TPSA) is 25.4 Å². The minimum atomic E-state index is -0.251. The molecule has 2 bridgehead atoms. The van der Waals surface area contributed by atoms with Crippen molar-refractivity contribution in [3.05, 3.63) is 23.5 Å². The van der Waals surface area contributed by atoms with Gasteiger partial charge in [0.25, 0.3) is 0 Å². The summed E-state index contributed by atoms with van der Waals surface area (Å²) >= 11 is 1.67. The Morgan fingerprint density at radius 3 is 2.55 bits per heavy atom. The summed E-state index contributed by atoms with van der Waals surface area (Å²) in [5.41, 5.74) is 1.30. The second-order valence-corrected chi connectivity index (χ2v) is 8.39. The molecule has 1 aromatic carbocycles. The fraction of sp³-hybridized carbons (Fsp3) is 0.588. The zero-order valence-corrected chi connectivity index (χ0v) is 14.0. The second-order valence-electron chi connectivity index (χ2n) is 7.38. The number of morpholine rings is 1. The molecule has 2 saturated heterocycles. The number of hydrogen-bond donors (Lipinski definition) is 0. The standard InChI is InChI=1S/C17H21FN2OS/c1-17(2,3)14-12(18)6-7-13-15(14)19-16(22-13)20-8-10-4-5-11(9-20)21-10/h6-7,10-11H,4-5,8-9H2,1-3H3/t10-,11?/m0/s1. The summed E-state index contributed by atoms with van der Waals surface area (Å²) in [6.07, 6.45) is 2.97. The first kappa shape index (κ1) is 14.4. The van der Waals surface area contributed by atoms with Gasteiger partial charge in [0.1, 0.15) is 5.82 Å². The van der Waals surface area contributed by atoms with Crippen molar-refractivity contribution >= 4 is 26.7 Å². The number of benzene rings is 1. The Morgan fingerprint density at radius 2 is 1.91 bits per heavy atom. The normalized spacial score (nSPS) is 25.2. The van der Waals surface area contributed by atoms with Crippen LogP contribution in [0.4, 0.5) is 9.52 Å². The molecule has 2 aliphatic rings. The Morgan fingerprint density at radius 1 is 1.23 bits per heavy atom. The summed E-state index contributed by atoms with van der Waals surface area (Å²) in [6, 6.07) is 3.43. The van der Waals surface area contributed by atoms with Crippen LogP contribution in [0.25, 0.3) is 10.2 Å². The molecule has 118 valence electrons. The number of fused-ring (bicyclic) bond motifs is 3. The van der Waals surface area contributed by atoms with Crippen molar-refractivity contribution in [2.24, 2.45) is 0 Å². The number of nitrogens with zero attached hydrogens (tertiary/aromatic N) is 2. The SMILES string of the molecule is CC(C)(C)c1c(F)ccc2sc(N3CC4CC[C@@H](C3)O4)nc12. The predicted octanol–water partition coefficient (Wildman–Crippen LogP) is 4.10. The molecule has 2 aliphatic heterocycles. The largest absolute Gasteiger partial charge is 0.371 e. The van der Waals surface area contributed by atoms with E-state index in [4.69, 9.17) is 9.72 Å². The van der Waals surface area contributed by atoms with E-state index in [1.54, 1.807) is 17.4 Å². The van der Waals surface area contributed by atoms with E-state index in [9.17, 15) is 4.39 Å². The van der Waals surface area contributed by atoms with Crippen LogP contribution in [-0.2, 0) is 10.2 Å². The zero-order chi connectivity index (χ0) is 15.5. The molecule has 3 heterocycles. The number of hydrogen-bond acceptors (Lipinski definition) is 4. The fourth-order valence-corrected chi connectivity index (χ4v) is 4.57. The first-order chi connectivity index (χ1) is 10.4. The first-order valence-electron chi connectivity index (χ1n) is 7.92. The highest BCUT2D eigenvalue weighted by Crippen LogP contribution is 2.39. The van der Waals surface area contributed by atoms with E-state index in [0.717, 1.165) is 46.8 Å². The molecule has 2 aromatic rings. The molecular weight excluding hydrogens is 299 g/mol. The smallest absolute Gasteiger partial charge is 0.186 e. The molecule has 1 unspecified atom stereocenters. The van der Waals surface area contributed by atoms with Gasteiger partial charge in [0.15, 0.2) is 5.13 Å². The van der Waals surface area contributed by atoms with Gasteiger partial charge in [-0.3, -0.25) is 0 Å². The lowest BCUT2D eigenvalue weighted by Gasteiger charge is -2.31. The molecule has 1 aromatic heterocycles. The van der Waals surface area contributed by atoms with E-state index >= 15 is 0 Å². The zero-order valence-electron chi connectivity index (χ0n) is 13.2. The minimum Gasteiger partial charge on any atom is -0.371 e. The highest BCUT2D eigenvalue weighted by atomic mass is 32.1. The van der Waals surface area contributed by atoms with Crippen molar-refractivity contribution < 1.29 is 9.13 Å². The van der Waals surface area contributed by atoms with Gasteiger partial charge in [-0.1, -0.05) is 32.1 Å². The van der Waals surface area contributed by atoms with Crippen molar-refractivity contribution in [2.75, 3.05) is 18.0 Å². The van der Waals surface area contributed by atoms with Gasteiger partial charge in [-0.05, 0) is 30.4 Å². The Labute approximate surface area is 134 Å². The number of ether oxygens (including phenoxy) is 1. The molecule has 0 spiro atoms. The van der Waals surface area contributed by atoms with Crippen LogP contribution in [0.5, 0.6) is 0 Å². The summed E-state index contributed by atoms with van der Waals surface area (Å²) in [6.45, 7) is 7.93. The lowest BCUT2D eigenvalue weighted by molar-refractivity contribution is 0.0305. The van der Waals surface area contributed by atoms with E-state index in [-0.39, 0.29) is 11.2 Å². The van der Waals surface area contributed by atoms with Crippen LogP contribution in [0, 0.1) is 5.82 Å². The molecule has 0 amide bonds. The molecule has 4 rings (SSSR count). The Balaban J connectivity index is 1.78. The second kappa shape index (κ2) is 4.90. The lowest BCUT2D eigenvalue weighted by Crippen LogP contribution is -2.42. The van der Waals surface area contributed by atoms with Crippen LogP contribution in [0.1, 0.15) is 39.2 Å². The summed E-state index contributed by atoms with van der Waals surface area (Å²) in [5.74, 6) is -0.154. The van der Waals surface area contributed by atoms with Gasteiger partial charge in [0.05, 0.1) is 22.4 Å². The average molecular weight is 320 g/mol. The number of rotatable bonds is 1. The van der Waals surface area contributed by atoms with E-state index in [1.807, 2.05) is 26.8 Å². The van der Waals surface area contributed by atoms with E-state index in [2.05, 4.69) is 4.90 Å². The van der Waals surface area contributed by atoms with Crippen LogP contribution in [0.2, 0.25) is 0 Å². The summed E-state index contributed by atoms with van der Waals surface area (Å²) in [4.78, 5) is 7.13. The first-order valence-corrected chi connectivity index (χ1v) is 8.73. The molecule has 0 N–H and O–H groups in total. The van der Waals surface area contributed by atoms with E-state index < -0.39 is 0 Å². The van der Waals surface area contributed by atoms with E-state index in [0.29, 0.717) is 12.2 Å². The van der Waals surface area contributed by atoms with Gasteiger partial charge in [-0.25, -0.2) is 9.37 Å². The Hall–Kier alpha value is -1.20. The van der Waals surface area contributed by atoms with Crippen molar-refractivity contribution in [3.63, 3.8) is 0 Å². The lowest BCUT2D eigenvalue weighted by atomic mass is 9.86. The third-order valence-corrected chi connectivity index (χ3v) is 5.64. The summed E-state index contributed by atoms with van der Waals surface area (Å²) < 4.78 is 21.3. The maximum absolute atomic E-state index is 14.3. The van der Waals surface area contributed by atoms with Crippen molar-refractivity contribution in [3.8, 4) is 0 Å². The number of aromatic nitrogens is 1. The van der Waals surface area contributed by atoms with Gasteiger partial charge in [0, 0.05) is 18.7 Å². The number of anilines is 1. The molecule has 2 atom stereocenters. The molecule has 3 nitrogen and oxygen atoms in total. The Kier molecular flexibility index (Phi) is 3.20. The van der Waals surface area contributed by atoms with Crippen LogP contribution < -0.4 is 4.90 Å². The average Bonchev–Trinajstić information content (AvgIpc) is 3.00. The van der Waals surface area contributed by atoms with Crippen molar-refractivity contribution in [1.29, 1.82) is 0 Å². The van der Waals surface area contributed by atoms with Gasteiger partial charge < -0.3 is 9.64 Å². The molecular formula is C17H21FN2OS. The predicted molar refractivity (Wildman–Crippen MR) is 88.4 cm³/mol. The maximum atomic E-state index is 14.3. The van der Waals surface area contributed by atoms with Crippen molar-refractivity contribution in [2.45, 2.75) is 51.2 Å². The van der Waals surface area contributed by atoms with Crippen LogP contribution in [0.15, 0.2) is 12.1 Å². The van der Waals surface area contributed by atoms with Crippen molar-refractivity contribution in [1.82, 2.24) is 4.98 Å². The highest BCUT2D eigenvalue weighted by Gasteiger charge is 2.35. The van der Waals surface area contributed by atoms with Gasteiger partial charge >= 0.3 is 0 Å². The van der Waals surface area contributed by atoms with Gasteiger partial charge in [0.2, 0.25) is 0 Å².